The highest BCUT2D eigenvalue weighted by Gasteiger charge is 2.00. The lowest BCUT2D eigenvalue weighted by molar-refractivity contribution is 0.959. The van der Waals surface area contributed by atoms with Gasteiger partial charge in [0.1, 0.15) is 0 Å². The minimum absolute atomic E-state index is 0.0922. The van der Waals surface area contributed by atoms with Crippen molar-refractivity contribution in [3.63, 3.8) is 0 Å². The zero-order valence-electron chi connectivity index (χ0n) is 8.69. The van der Waals surface area contributed by atoms with E-state index in [1.165, 1.54) is 0 Å². The average Bonchev–Trinajstić information content (AvgIpc) is 2.09. The zero-order valence-corrected chi connectivity index (χ0v) is 9.44. The Morgan fingerprint density at radius 1 is 1.29 bits per heavy atom. The van der Waals surface area contributed by atoms with Crippen LogP contribution in [0.25, 0.3) is 0 Å². The molecule has 0 aliphatic carbocycles. The minimum atomic E-state index is -0.0922. The summed E-state index contributed by atoms with van der Waals surface area (Å²) >= 11 is 5.98. The van der Waals surface area contributed by atoms with E-state index < -0.39 is 0 Å². The van der Waals surface area contributed by atoms with Crippen LogP contribution in [0.3, 0.4) is 0 Å². The Morgan fingerprint density at radius 3 is 2.50 bits per heavy atom. The zero-order chi connectivity index (χ0) is 10.7. The van der Waals surface area contributed by atoms with Gasteiger partial charge in [0.15, 0.2) is 0 Å². The summed E-state index contributed by atoms with van der Waals surface area (Å²) in [6.07, 6.45) is 0. The highest BCUT2D eigenvalue weighted by Crippen LogP contribution is 2.19. The van der Waals surface area contributed by atoms with E-state index in [0.717, 1.165) is 21.7 Å². The first-order valence-corrected chi connectivity index (χ1v) is 4.92. The predicted molar refractivity (Wildman–Crippen MR) is 61.5 cm³/mol. The molecule has 1 unspecified atom stereocenters. The van der Waals surface area contributed by atoms with Crippen molar-refractivity contribution in [1.82, 2.24) is 0 Å². The standard InChI is InChI=1S/C12H14ClN/c1-8-7-12(13)9(2)6-11(8)5-4-10(3)14/h6-7,10H,14H2,1-3H3. The van der Waals surface area contributed by atoms with Crippen LogP contribution in [0.1, 0.15) is 23.6 Å². The van der Waals surface area contributed by atoms with Crippen molar-refractivity contribution in [2.45, 2.75) is 26.8 Å². The second-order valence-electron chi connectivity index (χ2n) is 3.47. The van der Waals surface area contributed by atoms with Gasteiger partial charge in [-0.3, -0.25) is 0 Å². The smallest absolute Gasteiger partial charge is 0.0639 e. The van der Waals surface area contributed by atoms with Crippen molar-refractivity contribution < 1.29 is 0 Å². The topological polar surface area (TPSA) is 26.0 Å². The SMILES string of the molecule is Cc1cc(C#CC(C)N)c(C)cc1Cl. The van der Waals surface area contributed by atoms with E-state index in [9.17, 15) is 0 Å². The van der Waals surface area contributed by atoms with Gasteiger partial charge in [-0.05, 0) is 44.0 Å². The van der Waals surface area contributed by atoms with Gasteiger partial charge >= 0.3 is 0 Å². The molecule has 0 aliphatic heterocycles. The van der Waals surface area contributed by atoms with Gasteiger partial charge in [0.25, 0.3) is 0 Å². The third-order valence-electron chi connectivity index (χ3n) is 1.94. The molecule has 0 aromatic heterocycles. The summed E-state index contributed by atoms with van der Waals surface area (Å²) in [6.45, 7) is 5.83. The fourth-order valence-electron chi connectivity index (χ4n) is 1.11. The molecule has 2 heteroatoms. The van der Waals surface area contributed by atoms with Crippen LogP contribution < -0.4 is 5.73 Å². The quantitative estimate of drug-likeness (QED) is 0.651. The molecule has 0 saturated heterocycles. The lowest BCUT2D eigenvalue weighted by Gasteiger charge is -2.02. The first kappa shape index (κ1) is 11.1. The molecule has 1 nitrogen and oxygen atoms in total. The number of hydrogen-bond acceptors (Lipinski definition) is 1. The minimum Gasteiger partial charge on any atom is -0.318 e. The van der Waals surface area contributed by atoms with Crippen LogP contribution in [0.15, 0.2) is 12.1 Å². The van der Waals surface area contributed by atoms with Crippen LogP contribution in [-0.2, 0) is 0 Å². The number of rotatable bonds is 0. The molecule has 0 radical (unpaired) electrons. The van der Waals surface area contributed by atoms with E-state index in [1.54, 1.807) is 0 Å². The molecule has 1 aromatic carbocycles. The molecule has 1 aromatic rings. The molecule has 0 amide bonds. The summed E-state index contributed by atoms with van der Waals surface area (Å²) < 4.78 is 0. The van der Waals surface area contributed by atoms with Gasteiger partial charge in [0, 0.05) is 10.6 Å². The fraction of sp³-hybridized carbons (Fsp3) is 0.333. The van der Waals surface area contributed by atoms with Gasteiger partial charge in [-0.25, -0.2) is 0 Å². The maximum absolute atomic E-state index is 5.98. The summed E-state index contributed by atoms with van der Waals surface area (Å²) in [4.78, 5) is 0. The first-order chi connectivity index (χ1) is 6.50. The van der Waals surface area contributed by atoms with Gasteiger partial charge in [0.05, 0.1) is 6.04 Å². The molecule has 0 saturated carbocycles. The normalized spacial score (nSPS) is 11.8. The third-order valence-corrected chi connectivity index (χ3v) is 2.35. The molecule has 14 heavy (non-hydrogen) atoms. The highest BCUT2D eigenvalue weighted by atomic mass is 35.5. The van der Waals surface area contributed by atoms with Crippen molar-refractivity contribution in [3.8, 4) is 11.8 Å². The molecule has 0 fully saturated rings. The number of aryl methyl sites for hydroxylation is 2. The van der Waals surface area contributed by atoms with E-state index in [4.69, 9.17) is 17.3 Å². The number of hydrogen-bond donors (Lipinski definition) is 1. The molecular formula is C12H14ClN. The molecule has 0 spiro atoms. The van der Waals surface area contributed by atoms with Crippen molar-refractivity contribution in [2.24, 2.45) is 5.73 Å². The van der Waals surface area contributed by atoms with E-state index in [2.05, 4.69) is 11.8 Å². The molecule has 0 aliphatic rings. The first-order valence-electron chi connectivity index (χ1n) is 4.54. The molecule has 0 heterocycles. The van der Waals surface area contributed by atoms with Crippen molar-refractivity contribution in [3.05, 3.63) is 33.8 Å². The maximum Gasteiger partial charge on any atom is 0.0639 e. The summed E-state index contributed by atoms with van der Waals surface area (Å²) in [5, 5.41) is 0.786. The molecule has 74 valence electrons. The Balaban J connectivity index is 3.12. The van der Waals surface area contributed by atoms with Crippen LogP contribution in [0, 0.1) is 25.7 Å². The Kier molecular flexibility index (Phi) is 3.57. The Morgan fingerprint density at radius 2 is 1.93 bits per heavy atom. The molecule has 1 rings (SSSR count). The van der Waals surface area contributed by atoms with E-state index >= 15 is 0 Å². The van der Waals surface area contributed by atoms with Crippen LogP contribution >= 0.6 is 11.6 Å². The van der Waals surface area contributed by atoms with Gasteiger partial charge in [0.2, 0.25) is 0 Å². The third kappa shape index (κ3) is 2.77. The monoisotopic (exact) mass is 207 g/mol. The molecular weight excluding hydrogens is 194 g/mol. The second-order valence-corrected chi connectivity index (χ2v) is 3.88. The van der Waals surface area contributed by atoms with E-state index in [-0.39, 0.29) is 6.04 Å². The van der Waals surface area contributed by atoms with Gasteiger partial charge in [-0.2, -0.15) is 0 Å². The lowest BCUT2D eigenvalue weighted by Crippen LogP contribution is -2.10. The molecule has 0 bridgehead atoms. The summed E-state index contributed by atoms with van der Waals surface area (Å²) in [5.41, 5.74) is 8.70. The van der Waals surface area contributed by atoms with Crippen LogP contribution in [0.4, 0.5) is 0 Å². The fourth-order valence-corrected chi connectivity index (χ4v) is 1.33. The maximum atomic E-state index is 5.98. The van der Waals surface area contributed by atoms with E-state index in [1.807, 2.05) is 32.9 Å². The second kappa shape index (κ2) is 4.50. The largest absolute Gasteiger partial charge is 0.318 e. The Labute approximate surface area is 90.3 Å². The van der Waals surface area contributed by atoms with Crippen molar-refractivity contribution >= 4 is 11.6 Å². The van der Waals surface area contributed by atoms with Crippen molar-refractivity contribution in [2.75, 3.05) is 0 Å². The Bertz CT molecular complexity index is 397. The number of halogens is 1. The Hall–Kier alpha value is -0.970. The highest BCUT2D eigenvalue weighted by molar-refractivity contribution is 6.31. The van der Waals surface area contributed by atoms with Crippen LogP contribution in [0.2, 0.25) is 5.02 Å². The lowest BCUT2D eigenvalue weighted by atomic mass is 10.1. The van der Waals surface area contributed by atoms with Gasteiger partial charge < -0.3 is 5.73 Å². The van der Waals surface area contributed by atoms with Crippen LogP contribution in [0.5, 0.6) is 0 Å². The molecule has 2 N–H and O–H groups in total. The van der Waals surface area contributed by atoms with Crippen LogP contribution in [-0.4, -0.2) is 6.04 Å². The van der Waals surface area contributed by atoms with Gasteiger partial charge in [-0.1, -0.05) is 23.4 Å². The van der Waals surface area contributed by atoms with E-state index in [0.29, 0.717) is 0 Å². The van der Waals surface area contributed by atoms with Crippen molar-refractivity contribution in [1.29, 1.82) is 0 Å². The molecule has 1 atom stereocenters. The number of benzene rings is 1. The predicted octanol–water partition coefficient (Wildman–Crippen LogP) is 2.66. The van der Waals surface area contributed by atoms with Gasteiger partial charge in [-0.15, -0.1) is 0 Å². The number of nitrogens with two attached hydrogens (primary N) is 1. The average molecular weight is 208 g/mol. The summed E-state index contributed by atoms with van der Waals surface area (Å²) in [7, 11) is 0. The summed E-state index contributed by atoms with van der Waals surface area (Å²) in [6, 6.07) is 3.83. The summed E-state index contributed by atoms with van der Waals surface area (Å²) in [5.74, 6) is 5.98.